The molecule has 24 heavy (non-hydrogen) atoms. The molecule has 4 nitrogen and oxygen atoms in total. The molecule has 1 amide bonds. The molecule has 2 aliphatic heterocycles. The highest BCUT2D eigenvalue weighted by Crippen LogP contribution is 2.47. The lowest BCUT2D eigenvalue weighted by Gasteiger charge is -2.39. The van der Waals surface area contributed by atoms with Crippen LogP contribution in [0.4, 0.5) is 10.5 Å². The van der Waals surface area contributed by atoms with Crippen molar-refractivity contribution in [3.8, 4) is 0 Å². The van der Waals surface area contributed by atoms with Crippen LogP contribution < -0.4 is 4.90 Å². The van der Waals surface area contributed by atoms with Gasteiger partial charge < -0.3 is 14.9 Å². The van der Waals surface area contributed by atoms with E-state index in [1.807, 2.05) is 6.07 Å². The molecular formula is C20H22N2O2. The van der Waals surface area contributed by atoms with Crippen molar-refractivity contribution in [2.24, 2.45) is 0 Å². The Balaban J connectivity index is 1.61. The van der Waals surface area contributed by atoms with E-state index in [-0.39, 0.29) is 5.41 Å². The van der Waals surface area contributed by atoms with Crippen LogP contribution in [0, 0.1) is 0 Å². The van der Waals surface area contributed by atoms with Gasteiger partial charge in [0.25, 0.3) is 0 Å². The van der Waals surface area contributed by atoms with Crippen LogP contribution in [0.25, 0.3) is 0 Å². The largest absolute Gasteiger partial charge is 0.465 e. The molecule has 2 aromatic rings. The first kappa shape index (κ1) is 15.1. The highest BCUT2D eigenvalue weighted by Gasteiger charge is 2.44. The van der Waals surface area contributed by atoms with E-state index in [0.29, 0.717) is 13.1 Å². The molecule has 0 saturated carbocycles. The van der Waals surface area contributed by atoms with Crippen molar-refractivity contribution in [3.05, 3.63) is 65.7 Å². The molecule has 0 radical (unpaired) electrons. The predicted octanol–water partition coefficient (Wildman–Crippen LogP) is 3.72. The number of para-hydroxylation sites is 1. The van der Waals surface area contributed by atoms with Gasteiger partial charge in [0.05, 0.1) is 0 Å². The molecule has 0 unspecified atom stereocenters. The summed E-state index contributed by atoms with van der Waals surface area (Å²) in [7, 11) is 0. The Labute approximate surface area is 142 Å². The molecule has 0 atom stereocenters. The zero-order chi connectivity index (χ0) is 16.6. The van der Waals surface area contributed by atoms with Crippen molar-refractivity contribution in [2.75, 3.05) is 24.5 Å². The van der Waals surface area contributed by atoms with Crippen molar-refractivity contribution in [3.63, 3.8) is 0 Å². The zero-order valence-corrected chi connectivity index (χ0v) is 13.7. The third-order valence-corrected chi connectivity index (χ3v) is 5.52. The number of carbonyl (C=O) groups is 1. The summed E-state index contributed by atoms with van der Waals surface area (Å²) in [5.41, 5.74) is 4.11. The van der Waals surface area contributed by atoms with Crippen LogP contribution in [0.3, 0.4) is 0 Å². The quantitative estimate of drug-likeness (QED) is 0.916. The fourth-order valence-corrected chi connectivity index (χ4v) is 4.23. The van der Waals surface area contributed by atoms with Gasteiger partial charge in [-0.05, 0) is 30.0 Å². The van der Waals surface area contributed by atoms with E-state index in [2.05, 4.69) is 53.4 Å². The zero-order valence-electron chi connectivity index (χ0n) is 13.7. The number of fused-ring (bicyclic) bond motifs is 2. The summed E-state index contributed by atoms with van der Waals surface area (Å²) < 4.78 is 0. The molecule has 2 heterocycles. The van der Waals surface area contributed by atoms with Crippen LogP contribution in [-0.4, -0.2) is 35.7 Å². The van der Waals surface area contributed by atoms with Gasteiger partial charge in [-0.3, -0.25) is 0 Å². The second kappa shape index (κ2) is 5.86. The monoisotopic (exact) mass is 322 g/mol. The summed E-state index contributed by atoms with van der Waals surface area (Å²) in [4.78, 5) is 15.2. The lowest BCUT2D eigenvalue weighted by atomic mass is 9.74. The highest BCUT2D eigenvalue weighted by molar-refractivity contribution is 5.66. The third-order valence-electron chi connectivity index (χ3n) is 5.52. The Hall–Kier alpha value is -2.49. The molecule has 4 rings (SSSR count). The number of amides is 1. The van der Waals surface area contributed by atoms with Crippen LogP contribution in [0.1, 0.15) is 24.0 Å². The second-order valence-electron chi connectivity index (χ2n) is 6.91. The maximum absolute atomic E-state index is 11.2. The number of nitrogens with zero attached hydrogens (tertiary/aromatic N) is 2. The van der Waals surface area contributed by atoms with Gasteiger partial charge >= 0.3 is 6.09 Å². The lowest BCUT2D eigenvalue weighted by Crippen LogP contribution is -2.46. The molecule has 1 N–H and O–H groups in total. The van der Waals surface area contributed by atoms with Gasteiger partial charge in [0.2, 0.25) is 0 Å². The van der Waals surface area contributed by atoms with E-state index >= 15 is 0 Å². The average Bonchev–Trinajstić information content (AvgIpc) is 2.90. The van der Waals surface area contributed by atoms with Gasteiger partial charge in [-0.1, -0.05) is 48.5 Å². The van der Waals surface area contributed by atoms with Crippen molar-refractivity contribution in [2.45, 2.75) is 24.8 Å². The minimum absolute atomic E-state index is 0.0946. The second-order valence-corrected chi connectivity index (χ2v) is 6.91. The smallest absolute Gasteiger partial charge is 0.407 e. The molecule has 4 heteroatoms. The predicted molar refractivity (Wildman–Crippen MR) is 94.4 cm³/mol. The topological polar surface area (TPSA) is 43.8 Å². The number of hydrogen-bond acceptors (Lipinski definition) is 2. The lowest BCUT2D eigenvalue weighted by molar-refractivity contribution is 0.119. The van der Waals surface area contributed by atoms with Gasteiger partial charge in [-0.25, -0.2) is 4.79 Å². The molecule has 0 aliphatic carbocycles. The Bertz CT molecular complexity index is 736. The van der Waals surface area contributed by atoms with E-state index in [4.69, 9.17) is 0 Å². The maximum Gasteiger partial charge on any atom is 0.407 e. The molecular weight excluding hydrogens is 300 g/mol. The minimum atomic E-state index is -0.794. The van der Waals surface area contributed by atoms with E-state index in [0.717, 1.165) is 25.9 Å². The van der Waals surface area contributed by atoms with Crippen molar-refractivity contribution in [1.29, 1.82) is 0 Å². The average molecular weight is 322 g/mol. The van der Waals surface area contributed by atoms with Gasteiger partial charge in [-0.15, -0.1) is 0 Å². The fraction of sp³-hybridized carbons (Fsp3) is 0.350. The SMILES string of the molecule is O=C(O)N1CCC2(CC1)CN(Cc1ccccc1)c1ccccc12. The molecule has 124 valence electrons. The summed E-state index contributed by atoms with van der Waals surface area (Å²) in [5, 5.41) is 9.23. The van der Waals surface area contributed by atoms with Crippen LogP contribution in [0.5, 0.6) is 0 Å². The Kier molecular flexibility index (Phi) is 3.68. The van der Waals surface area contributed by atoms with Crippen molar-refractivity contribution >= 4 is 11.8 Å². The van der Waals surface area contributed by atoms with Crippen LogP contribution >= 0.6 is 0 Å². The first-order chi connectivity index (χ1) is 11.7. The normalized spacial score (nSPS) is 18.7. The number of hydrogen-bond donors (Lipinski definition) is 1. The first-order valence-electron chi connectivity index (χ1n) is 8.54. The maximum atomic E-state index is 11.2. The van der Waals surface area contributed by atoms with Crippen molar-refractivity contribution in [1.82, 2.24) is 4.90 Å². The number of benzene rings is 2. The van der Waals surface area contributed by atoms with Gasteiger partial charge in [0.1, 0.15) is 0 Å². The Morgan fingerprint density at radius 2 is 1.67 bits per heavy atom. The molecule has 0 aromatic heterocycles. The minimum Gasteiger partial charge on any atom is -0.465 e. The van der Waals surface area contributed by atoms with E-state index < -0.39 is 6.09 Å². The van der Waals surface area contributed by atoms with E-state index in [1.165, 1.54) is 16.8 Å². The summed E-state index contributed by atoms with van der Waals surface area (Å²) in [6.45, 7) is 3.14. The Morgan fingerprint density at radius 3 is 2.38 bits per heavy atom. The molecule has 2 aromatic carbocycles. The standard InChI is InChI=1S/C20H22N2O2/c23-19(24)21-12-10-20(11-13-21)15-22(14-16-6-2-1-3-7-16)18-9-5-4-8-17(18)20/h1-9H,10-15H2,(H,23,24). The van der Waals surface area contributed by atoms with Gasteiger partial charge in [0.15, 0.2) is 0 Å². The van der Waals surface area contributed by atoms with Crippen LogP contribution in [-0.2, 0) is 12.0 Å². The molecule has 1 spiro atoms. The van der Waals surface area contributed by atoms with Crippen LogP contribution in [0.15, 0.2) is 54.6 Å². The number of rotatable bonds is 2. The number of carboxylic acid groups (broad SMARTS) is 1. The Morgan fingerprint density at radius 1 is 1.00 bits per heavy atom. The summed E-state index contributed by atoms with van der Waals surface area (Å²) in [6.07, 6.45) is 1.01. The van der Waals surface area contributed by atoms with E-state index in [9.17, 15) is 9.90 Å². The third kappa shape index (κ3) is 2.52. The summed E-state index contributed by atoms with van der Waals surface area (Å²) in [5.74, 6) is 0. The van der Waals surface area contributed by atoms with Crippen molar-refractivity contribution < 1.29 is 9.90 Å². The van der Waals surface area contributed by atoms with E-state index in [1.54, 1.807) is 4.90 Å². The number of anilines is 1. The molecule has 1 fully saturated rings. The van der Waals surface area contributed by atoms with Crippen LogP contribution in [0.2, 0.25) is 0 Å². The van der Waals surface area contributed by atoms with Gasteiger partial charge in [0, 0.05) is 37.3 Å². The molecule has 0 bridgehead atoms. The molecule has 1 saturated heterocycles. The molecule has 2 aliphatic rings. The number of piperidine rings is 1. The summed E-state index contributed by atoms with van der Waals surface area (Å²) >= 11 is 0. The first-order valence-corrected chi connectivity index (χ1v) is 8.54. The highest BCUT2D eigenvalue weighted by atomic mass is 16.4. The summed E-state index contributed by atoms with van der Waals surface area (Å²) in [6, 6.07) is 19.2. The number of likely N-dealkylation sites (tertiary alicyclic amines) is 1. The fourth-order valence-electron chi connectivity index (χ4n) is 4.23. The van der Waals surface area contributed by atoms with Gasteiger partial charge in [-0.2, -0.15) is 0 Å².